The van der Waals surface area contributed by atoms with Crippen molar-refractivity contribution in [1.82, 2.24) is 9.55 Å². The van der Waals surface area contributed by atoms with Gasteiger partial charge in [0, 0.05) is 12.5 Å². The third-order valence-electron chi connectivity index (χ3n) is 2.49. The zero-order valence-corrected chi connectivity index (χ0v) is 7.16. The molecule has 2 heterocycles. The van der Waals surface area contributed by atoms with Gasteiger partial charge in [-0.3, -0.25) is 4.79 Å². The molecule has 0 bridgehead atoms. The summed E-state index contributed by atoms with van der Waals surface area (Å²) in [5, 5.41) is 0. The lowest BCUT2D eigenvalue weighted by atomic mass is 10.1. The molecule has 1 unspecified atom stereocenters. The molecule has 0 saturated heterocycles. The van der Waals surface area contributed by atoms with E-state index in [2.05, 4.69) is 16.5 Å². The summed E-state index contributed by atoms with van der Waals surface area (Å²) < 4.78 is 2.05. The number of aldehydes is 1. The summed E-state index contributed by atoms with van der Waals surface area (Å²) >= 11 is 0. The predicted molar refractivity (Wildman–Crippen MR) is 45.3 cm³/mol. The largest absolute Gasteiger partial charge is 0.323 e. The van der Waals surface area contributed by atoms with E-state index < -0.39 is 0 Å². The molecule has 1 atom stereocenters. The van der Waals surface area contributed by atoms with Crippen molar-refractivity contribution >= 4 is 6.29 Å². The monoisotopic (exact) mass is 164 g/mol. The maximum atomic E-state index is 10.6. The second-order valence-corrected chi connectivity index (χ2v) is 3.33. The van der Waals surface area contributed by atoms with Crippen LogP contribution in [-0.4, -0.2) is 15.8 Å². The van der Waals surface area contributed by atoms with Gasteiger partial charge in [0.2, 0.25) is 0 Å². The molecule has 1 aliphatic rings. The second kappa shape index (κ2) is 2.73. The fourth-order valence-corrected chi connectivity index (χ4v) is 1.88. The molecule has 0 saturated carbocycles. The van der Waals surface area contributed by atoms with Gasteiger partial charge in [0.1, 0.15) is 11.5 Å². The summed E-state index contributed by atoms with van der Waals surface area (Å²) in [5.41, 5.74) is 0.720. The van der Waals surface area contributed by atoms with Gasteiger partial charge in [-0.25, -0.2) is 4.98 Å². The van der Waals surface area contributed by atoms with Crippen LogP contribution in [0.1, 0.15) is 42.1 Å². The van der Waals surface area contributed by atoms with Crippen LogP contribution in [0.25, 0.3) is 0 Å². The molecule has 0 fully saturated rings. The maximum Gasteiger partial charge on any atom is 0.168 e. The van der Waals surface area contributed by atoms with Crippen molar-refractivity contribution in [2.24, 2.45) is 0 Å². The highest BCUT2D eigenvalue weighted by atomic mass is 16.1. The van der Waals surface area contributed by atoms with Crippen LogP contribution < -0.4 is 0 Å². The normalized spacial score (nSPS) is 21.9. The Hall–Kier alpha value is -1.12. The smallest absolute Gasteiger partial charge is 0.168 e. The van der Waals surface area contributed by atoms with Gasteiger partial charge in [-0.05, 0) is 19.8 Å². The van der Waals surface area contributed by atoms with Gasteiger partial charge in [0.25, 0.3) is 0 Å². The molecule has 0 radical (unpaired) electrons. The molecular formula is C9H12N2O. The first-order chi connectivity index (χ1) is 5.83. The molecule has 1 aliphatic heterocycles. The Bertz CT molecular complexity index is 303. The molecular weight excluding hydrogens is 152 g/mol. The van der Waals surface area contributed by atoms with Crippen molar-refractivity contribution in [3.05, 3.63) is 17.7 Å². The van der Waals surface area contributed by atoms with Gasteiger partial charge in [0.15, 0.2) is 6.29 Å². The molecule has 3 heteroatoms. The van der Waals surface area contributed by atoms with E-state index in [1.165, 1.54) is 6.42 Å². The lowest BCUT2D eigenvalue weighted by molar-refractivity contribution is 0.111. The minimum absolute atomic E-state index is 0.441. The highest BCUT2D eigenvalue weighted by Crippen LogP contribution is 2.24. The zero-order valence-electron chi connectivity index (χ0n) is 7.16. The van der Waals surface area contributed by atoms with Crippen molar-refractivity contribution < 1.29 is 4.79 Å². The number of fused-ring (bicyclic) bond motifs is 1. The van der Waals surface area contributed by atoms with Gasteiger partial charge >= 0.3 is 0 Å². The van der Waals surface area contributed by atoms with E-state index in [1.807, 2.05) is 0 Å². The molecule has 0 N–H and O–H groups in total. The second-order valence-electron chi connectivity index (χ2n) is 3.33. The molecule has 0 aliphatic carbocycles. The Balaban J connectivity index is 2.50. The van der Waals surface area contributed by atoms with E-state index in [4.69, 9.17) is 0 Å². The number of hydrogen-bond acceptors (Lipinski definition) is 2. The number of rotatable bonds is 1. The van der Waals surface area contributed by atoms with E-state index >= 15 is 0 Å². The predicted octanol–water partition coefficient (Wildman–Crippen LogP) is 1.59. The minimum Gasteiger partial charge on any atom is -0.323 e. The van der Waals surface area contributed by atoms with Gasteiger partial charge < -0.3 is 4.57 Å². The average molecular weight is 164 g/mol. The van der Waals surface area contributed by atoms with Crippen LogP contribution in [0.5, 0.6) is 0 Å². The Morgan fingerprint density at radius 3 is 3.33 bits per heavy atom. The number of imidazole rings is 1. The third-order valence-corrected chi connectivity index (χ3v) is 2.49. The Morgan fingerprint density at radius 1 is 1.75 bits per heavy atom. The van der Waals surface area contributed by atoms with Crippen molar-refractivity contribution in [1.29, 1.82) is 0 Å². The van der Waals surface area contributed by atoms with Crippen LogP contribution in [0, 0.1) is 0 Å². The summed E-state index contributed by atoms with van der Waals surface area (Å²) in [7, 11) is 0. The molecule has 0 amide bonds. The Kier molecular flexibility index (Phi) is 1.71. The van der Waals surface area contributed by atoms with E-state index in [0.717, 1.165) is 30.6 Å². The number of carbonyl (C=O) groups excluding carboxylic acids is 1. The fourth-order valence-electron chi connectivity index (χ4n) is 1.88. The van der Waals surface area contributed by atoms with Crippen LogP contribution in [0.2, 0.25) is 0 Å². The lowest BCUT2D eigenvalue weighted by Gasteiger charge is -2.22. The van der Waals surface area contributed by atoms with Crippen molar-refractivity contribution in [3.63, 3.8) is 0 Å². The van der Waals surface area contributed by atoms with Crippen LogP contribution >= 0.6 is 0 Å². The minimum atomic E-state index is 0.441. The molecule has 3 nitrogen and oxygen atoms in total. The highest BCUT2D eigenvalue weighted by Gasteiger charge is 2.18. The van der Waals surface area contributed by atoms with Crippen LogP contribution in [-0.2, 0) is 6.42 Å². The fraction of sp³-hybridized carbons (Fsp3) is 0.556. The Morgan fingerprint density at radius 2 is 2.58 bits per heavy atom. The maximum absolute atomic E-state index is 10.6. The summed E-state index contributed by atoms with van der Waals surface area (Å²) in [6.07, 6.45) is 5.92. The van der Waals surface area contributed by atoms with Crippen LogP contribution in [0.15, 0.2) is 6.20 Å². The Labute approximate surface area is 71.4 Å². The standard InChI is InChI=1S/C9H12N2O/c1-7-3-2-4-9-10-5-8(6-12)11(7)9/h5-7H,2-4H2,1H3. The molecule has 0 spiro atoms. The van der Waals surface area contributed by atoms with Crippen molar-refractivity contribution in [2.75, 3.05) is 0 Å². The summed E-state index contributed by atoms with van der Waals surface area (Å²) in [6, 6.07) is 0.441. The summed E-state index contributed by atoms with van der Waals surface area (Å²) in [5.74, 6) is 1.07. The first-order valence-corrected chi connectivity index (χ1v) is 4.34. The number of aromatic nitrogens is 2. The SMILES string of the molecule is CC1CCCc2ncc(C=O)n21. The first-order valence-electron chi connectivity index (χ1n) is 4.34. The zero-order chi connectivity index (χ0) is 8.55. The van der Waals surface area contributed by atoms with Gasteiger partial charge in [-0.1, -0.05) is 0 Å². The van der Waals surface area contributed by atoms with Gasteiger partial charge in [-0.2, -0.15) is 0 Å². The molecule has 2 rings (SSSR count). The highest BCUT2D eigenvalue weighted by molar-refractivity contribution is 5.72. The van der Waals surface area contributed by atoms with Crippen LogP contribution in [0.4, 0.5) is 0 Å². The molecule has 64 valence electrons. The molecule has 0 aromatic carbocycles. The molecule has 1 aromatic heterocycles. The van der Waals surface area contributed by atoms with Crippen molar-refractivity contribution in [2.45, 2.75) is 32.2 Å². The first kappa shape index (κ1) is 7.53. The number of aryl methyl sites for hydroxylation is 1. The quantitative estimate of drug-likeness (QED) is 0.591. The number of carbonyl (C=O) groups is 1. The third kappa shape index (κ3) is 0.967. The number of hydrogen-bond donors (Lipinski definition) is 0. The van der Waals surface area contributed by atoms with E-state index in [1.54, 1.807) is 6.20 Å². The summed E-state index contributed by atoms with van der Waals surface area (Å²) in [4.78, 5) is 14.8. The average Bonchev–Trinajstić information content (AvgIpc) is 2.49. The summed E-state index contributed by atoms with van der Waals surface area (Å²) in [6.45, 7) is 2.14. The van der Waals surface area contributed by atoms with Gasteiger partial charge in [0.05, 0.1) is 6.20 Å². The van der Waals surface area contributed by atoms with Gasteiger partial charge in [-0.15, -0.1) is 0 Å². The topological polar surface area (TPSA) is 34.9 Å². The number of nitrogens with zero attached hydrogens (tertiary/aromatic N) is 2. The molecule has 12 heavy (non-hydrogen) atoms. The van der Waals surface area contributed by atoms with E-state index in [-0.39, 0.29) is 0 Å². The molecule has 1 aromatic rings. The van der Waals surface area contributed by atoms with E-state index in [9.17, 15) is 4.79 Å². The van der Waals surface area contributed by atoms with Crippen LogP contribution in [0.3, 0.4) is 0 Å². The lowest BCUT2D eigenvalue weighted by Crippen LogP contribution is -2.17. The van der Waals surface area contributed by atoms with E-state index in [0.29, 0.717) is 6.04 Å². The van der Waals surface area contributed by atoms with Crippen molar-refractivity contribution in [3.8, 4) is 0 Å².